The standard InChI is InChI=1S/C15H27N3OS/c1-6-17(7-2)8-9-18(10-12(3)4)15(19)14-11-20-13(5)16-14/h11-12H,6-10H2,1-5H3. The summed E-state index contributed by atoms with van der Waals surface area (Å²) in [5.74, 6) is 0.533. The fourth-order valence-corrected chi connectivity index (χ4v) is 2.73. The van der Waals surface area contributed by atoms with E-state index < -0.39 is 0 Å². The van der Waals surface area contributed by atoms with E-state index in [4.69, 9.17) is 0 Å². The number of amides is 1. The molecule has 1 rings (SSSR count). The monoisotopic (exact) mass is 297 g/mol. The Kier molecular flexibility index (Phi) is 7.16. The summed E-state index contributed by atoms with van der Waals surface area (Å²) in [5, 5.41) is 2.81. The summed E-state index contributed by atoms with van der Waals surface area (Å²) in [6, 6.07) is 0. The molecule has 1 heterocycles. The van der Waals surface area contributed by atoms with Crippen molar-refractivity contribution in [1.82, 2.24) is 14.8 Å². The first-order valence-electron chi connectivity index (χ1n) is 7.41. The molecular weight excluding hydrogens is 270 g/mol. The Morgan fingerprint density at radius 3 is 2.40 bits per heavy atom. The van der Waals surface area contributed by atoms with Gasteiger partial charge in [0, 0.05) is 25.0 Å². The average Bonchev–Trinajstić information content (AvgIpc) is 2.84. The van der Waals surface area contributed by atoms with Crippen molar-refractivity contribution in [2.45, 2.75) is 34.6 Å². The number of hydrogen-bond acceptors (Lipinski definition) is 4. The molecule has 0 bridgehead atoms. The molecule has 0 aliphatic heterocycles. The number of carbonyl (C=O) groups excluding carboxylic acids is 1. The highest BCUT2D eigenvalue weighted by Crippen LogP contribution is 2.12. The summed E-state index contributed by atoms with van der Waals surface area (Å²) < 4.78 is 0. The lowest BCUT2D eigenvalue weighted by atomic mass is 10.2. The first kappa shape index (κ1) is 17.1. The zero-order valence-corrected chi connectivity index (χ0v) is 14.2. The summed E-state index contributed by atoms with van der Waals surface area (Å²) in [6.45, 7) is 15.1. The molecule has 0 saturated heterocycles. The Hall–Kier alpha value is -0.940. The van der Waals surface area contributed by atoms with Gasteiger partial charge in [-0.05, 0) is 25.9 Å². The molecule has 0 radical (unpaired) electrons. The van der Waals surface area contributed by atoms with Gasteiger partial charge in [-0.3, -0.25) is 4.79 Å². The second-order valence-corrected chi connectivity index (χ2v) is 6.49. The van der Waals surface area contributed by atoms with E-state index in [2.05, 4.69) is 37.6 Å². The van der Waals surface area contributed by atoms with Crippen molar-refractivity contribution < 1.29 is 4.79 Å². The van der Waals surface area contributed by atoms with Gasteiger partial charge < -0.3 is 9.80 Å². The largest absolute Gasteiger partial charge is 0.336 e. The highest BCUT2D eigenvalue weighted by molar-refractivity contribution is 7.09. The second kappa shape index (κ2) is 8.37. The molecule has 5 heteroatoms. The van der Waals surface area contributed by atoms with Crippen molar-refractivity contribution in [3.63, 3.8) is 0 Å². The minimum absolute atomic E-state index is 0.0650. The number of likely N-dealkylation sites (N-methyl/N-ethyl adjacent to an activating group) is 1. The van der Waals surface area contributed by atoms with Gasteiger partial charge in [-0.2, -0.15) is 0 Å². The van der Waals surface area contributed by atoms with Crippen LogP contribution in [-0.4, -0.2) is 53.4 Å². The van der Waals surface area contributed by atoms with Crippen LogP contribution in [0.5, 0.6) is 0 Å². The molecule has 1 amide bonds. The van der Waals surface area contributed by atoms with E-state index in [9.17, 15) is 4.79 Å². The highest BCUT2D eigenvalue weighted by atomic mass is 32.1. The summed E-state index contributed by atoms with van der Waals surface area (Å²) in [7, 11) is 0. The Labute approximate surface area is 126 Å². The third-order valence-corrected chi connectivity index (χ3v) is 4.06. The van der Waals surface area contributed by atoms with E-state index in [1.165, 1.54) is 11.3 Å². The third kappa shape index (κ3) is 5.21. The van der Waals surface area contributed by atoms with Gasteiger partial charge >= 0.3 is 0 Å². The van der Waals surface area contributed by atoms with Crippen LogP contribution in [0.25, 0.3) is 0 Å². The van der Waals surface area contributed by atoms with Gasteiger partial charge in [0.25, 0.3) is 5.91 Å². The summed E-state index contributed by atoms with van der Waals surface area (Å²) >= 11 is 1.53. The minimum Gasteiger partial charge on any atom is -0.336 e. The van der Waals surface area contributed by atoms with Gasteiger partial charge in [-0.25, -0.2) is 4.98 Å². The van der Waals surface area contributed by atoms with Crippen LogP contribution in [0.1, 0.15) is 43.2 Å². The Balaban J connectivity index is 2.70. The van der Waals surface area contributed by atoms with E-state index in [1.807, 2.05) is 17.2 Å². The first-order chi connectivity index (χ1) is 9.47. The SMILES string of the molecule is CCN(CC)CCN(CC(C)C)C(=O)c1csc(C)n1. The minimum atomic E-state index is 0.0650. The van der Waals surface area contributed by atoms with E-state index in [-0.39, 0.29) is 5.91 Å². The molecule has 4 nitrogen and oxygen atoms in total. The molecule has 0 spiro atoms. The second-order valence-electron chi connectivity index (χ2n) is 5.42. The van der Waals surface area contributed by atoms with Crippen molar-refractivity contribution in [3.8, 4) is 0 Å². The van der Waals surface area contributed by atoms with Crippen LogP contribution >= 0.6 is 11.3 Å². The summed E-state index contributed by atoms with van der Waals surface area (Å²) in [4.78, 5) is 21.1. The van der Waals surface area contributed by atoms with Crippen molar-refractivity contribution in [1.29, 1.82) is 0 Å². The zero-order valence-electron chi connectivity index (χ0n) is 13.3. The number of aromatic nitrogens is 1. The van der Waals surface area contributed by atoms with Gasteiger partial charge in [-0.15, -0.1) is 11.3 Å². The third-order valence-electron chi connectivity index (χ3n) is 3.29. The fourth-order valence-electron chi connectivity index (χ4n) is 2.14. The van der Waals surface area contributed by atoms with Crippen LogP contribution in [0, 0.1) is 12.8 Å². The predicted octanol–water partition coefficient (Wildman–Crippen LogP) is 2.89. The predicted molar refractivity (Wildman–Crippen MR) is 85.4 cm³/mol. The first-order valence-corrected chi connectivity index (χ1v) is 8.29. The number of hydrogen-bond donors (Lipinski definition) is 0. The highest BCUT2D eigenvalue weighted by Gasteiger charge is 2.19. The van der Waals surface area contributed by atoms with E-state index in [1.54, 1.807) is 0 Å². The maximum atomic E-state index is 12.5. The number of nitrogens with zero attached hydrogens (tertiary/aromatic N) is 3. The number of aryl methyl sites for hydroxylation is 1. The maximum Gasteiger partial charge on any atom is 0.273 e. The van der Waals surface area contributed by atoms with E-state index in [0.717, 1.165) is 37.7 Å². The molecule has 0 saturated carbocycles. The summed E-state index contributed by atoms with van der Waals surface area (Å²) in [6.07, 6.45) is 0. The average molecular weight is 297 g/mol. The fraction of sp³-hybridized carbons (Fsp3) is 0.733. The van der Waals surface area contributed by atoms with Gasteiger partial charge in [0.05, 0.1) is 5.01 Å². The van der Waals surface area contributed by atoms with Gasteiger partial charge in [0.1, 0.15) is 5.69 Å². The number of carbonyl (C=O) groups is 1. The normalized spacial score (nSPS) is 11.3. The van der Waals surface area contributed by atoms with E-state index >= 15 is 0 Å². The molecule has 0 aromatic carbocycles. The molecule has 0 aliphatic carbocycles. The molecule has 20 heavy (non-hydrogen) atoms. The number of rotatable bonds is 8. The molecular formula is C15H27N3OS. The topological polar surface area (TPSA) is 36.4 Å². The van der Waals surface area contributed by atoms with Crippen LogP contribution < -0.4 is 0 Å². The van der Waals surface area contributed by atoms with Crippen molar-refractivity contribution in [3.05, 3.63) is 16.1 Å². The lowest BCUT2D eigenvalue weighted by Crippen LogP contribution is -2.40. The molecule has 1 aromatic rings. The van der Waals surface area contributed by atoms with Crippen LogP contribution in [0.15, 0.2) is 5.38 Å². The van der Waals surface area contributed by atoms with Crippen LogP contribution in [0.4, 0.5) is 0 Å². The lowest BCUT2D eigenvalue weighted by Gasteiger charge is -2.27. The van der Waals surface area contributed by atoms with Crippen molar-refractivity contribution >= 4 is 17.2 Å². The smallest absolute Gasteiger partial charge is 0.273 e. The van der Waals surface area contributed by atoms with Gasteiger partial charge in [0.2, 0.25) is 0 Å². The van der Waals surface area contributed by atoms with E-state index in [0.29, 0.717) is 11.6 Å². The quantitative estimate of drug-likeness (QED) is 0.740. The lowest BCUT2D eigenvalue weighted by molar-refractivity contribution is 0.0711. The van der Waals surface area contributed by atoms with Gasteiger partial charge in [-0.1, -0.05) is 27.7 Å². The molecule has 0 atom stereocenters. The van der Waals surface area contributed by atoms with Crippen LogP contribution in [0.3, 0.4) is 0 Å². The number of thiazole rings is 1. The molecule has 0 aliphatic rings. The maximum absolute atomic E-state index is 12.5. The zero-order chi connectivity index (χ0) is 15.1. The van der Waals surface area contributed by atoms with Crippen molar-refractivity contribution in [2.75, 3.05) is 32.7 Å². The van der Waals surface area contributed by atoms with Gasteiger partial charge in [0.15, 0.2) is 0 Å². The Bertz CT molecular complexity index is 413. The molecule has 0 fully saturated rings. The Morgan fingerprint density at radius 1 is 1.30 bits per heavy atom. The molecule has 0 unspecified atom stereocenters. The summed E-state index contributed by atoms with van der Waals surface area (Å²) in [5.41, 5.74) is 0.590. The van der Waals surface area contributed by atoms with Crippen molar-refractivity contribution in [2.24, 2.45) is 5.92 Å². The van der Waals surface area contributed by atoms with Crippen LogP contribution in [0.2, 0.25) is 0 Å². The van der Waals surface area contributed by atoms with Crippen LogP contribution in [-0.2, 0) is 0 Å². The molecule has 114 valence electrons. The Morgan fingerprint density at radius 2 is 1.95 bits per heavy atom. The molecule has 0 N–H and O–H groups in total. The molecule has 1 aromatic heterocycles.